The third-order valence-electron chi connectivity index (χ3n) is 6.85. The van der Waals surface area contributed by atoms with Crippen molar-refractivity contribution in [3.63, 3.8) is 0 Å². The van der Waals surface area contributed by atoms with Crippen LogP contribution in [0.3, 0.4) is 0 Å². The maximum absolute atomic E-state index is 13.5. The Balaban J connectivity index is 1.29. The van der Waals surface area contributed by atoms with Gasteiger partial charge in [0.05, 0.1) is 19.8 Å². The fourth-order valence-corrected chi connectivity index (χ4v) is 4.87. The number of rotatable bonds is 9. The molecule has 0 amide bonds. The number of hydrogen-bond donors (Lipinski definition) is 1. The molecule has 0 saturated carbocycles. The summed E-state index contributed by atoms with van der Waals surface area (Å²) in [5.41, 5.74) is 3.75. The number of carbonyl (C=O) groups excluding carboxylic acids is 1. The van der Waals surface area contributed by atoms with E-state index in [1.165, 1.54) is 5.56 Å². The molecule has 0 bridgehead atoms. The Morgan fingerprint density at radius 3 is 2.47 bits per heavy atom. The molecule has 1 aromatic heterocycles. The normalized spacial score (nSPS) is 19.5. The number of epoxide rings is 1. The SMILES string of the molecule is COc1ccc(C(=O)c2ccccc2C(C2CO2)N2CCC(NCc3ccncc3)CC2)cc1. The van der Waals surface area contributed by atoms with Gasteiger partial charge in [-0.3, -0.25) is 14.7 Å². The maximum Gasteiger partial charge on any atom is 0.193 e. The van der Waals surface area contributed by atoms with Crippen LogP contribution in [0, 0.1) is 0 Å². The van der Waals surface area contributed by atoms with E-state index in [0.717, 1.165) is 56.0 Å². The molecule has 2 fully saturated rings. The monoisotopic (exact) mass is 457 g/mol. The lowest BCUT2D eigenvalue weighted by atomic mass is 9.90. The smallest absolute Gasteiger partial charge is 0.193 e. The van der Waals surface area contributed by atoms with E-state index in [0.29, 0.717) is 11.6 Å². The lowest BCUT2D eigenvalue weighted by molar-refractivity contribution is 0.102. The van der Waals surface area contributed by atoms with Crippen molar-refractivity contribution in [2.24, 2.45) is 0 Å². The van der Waals surface area contributed by atoms with Crippen LogP contribution in [0.2, 0.25) is 0 Å². The van der Waals surface area contributed by atoms with Crippen molar-refractivity contribution in [3.05, 3.63) is 95.3 Å². The highest BCUT2D eigenvalue weighted by Crippen LogP contribution is 2.37. The second-order valence-electron chi connectivity index (χ2n) is 9.01. The van der Waals surface area contributed by atoms with E-state index < -0.39 is 0 Å². The highest BCUT2D eigenvalue weighted by Gasteiger charge is 2.40. The average Bonchev–Trinajstić information content (AvgIpc) is 3.74. The Bertz CT molecular complexity index is 1090. The molecule has 176 valence electrons. The topological polar surface area (TPSA) is 67.0 Å². The Kier molecular flexibility index (Phi) is 7.00. The Hall–Kier alpha value is -3.06. The first kappa shape index (κ1) is 22.7. The van der Waals surface area contributed by atoms with E-state index in [4.69, 9.17) is 9.47 Å². The molecule has 0 radical (unpaired) electrons. The predicted octanol–water partition coefficient (Wildman–Crippen LogP) is 4.02. The molecule has 0 aliphatic carbocycles. The number of carbonyl (C=O) groups is 1. The minimum Gasteiger partial charge on any atom is -0.497 e. The second-order valence-corrected chi connectivity index (χ2v) is 9.01. The second kappa shape index (κ2) is 10.5. The van der Waals surface area contributed by atoms with E-state index >= 15 is 0 Å². The minimum atomic E-state index is 0.0396. The molecule has 3 heterocycles. The number of benzene rings is 2. The number of methoxy groups -OCH3 is 1. The van der Waals surface area contributed by atoms with Crippen molar-refractivity contribution < 1.29 is 14.3 Å². The Morgan fingerprint density at radius 1 is 1.09 bits per heavy atom. The average molecular weight is 458 g/mol. The van der Waals surface area contributed by atoms with Gasteiger partial charge in [-0.15, -0.1) is 0 Å². The summed E-state index contributed by atoms with van der Waals surface area (Å²) >= 11 is 0. The molecule has 2 unspecified atom stereocenters. The van der Waals surface area contributed by atoms with Crippen LogP contribution in [0.4, 0.5) is 0 Å². The molecule has 1 N–H and O–H groups in total. The molecule has 2 aromatic carbocycles. The van der Waals surface area contributed by atoms with Gasteiger partial charge in [0.1, 0.15) is 11.9 Å². The van der Waals surface area contributed by atoms with Gasteiger partial charge in [-0.05, 0) is 60.4 Å². The molecule has 3 aromatic rings. The molecule has 2 aliphatic heterocycles. The largest absolute Gasteiger partial charge is 0.497 e. The van der Waals surface area contributed by atoms with Gasteiger partial charge >= 0.3 is 0 Å². The third kappa shape index (κ3) is 5.20. The summed E-state index contributed by atoms with van der Waals surface area (Å²) in [6.45, 7) is 3.56. The van der Waals surface area contributed by atoms with E-state index in [2.05, 4.69) is 33.4 Å². The predicted molar refractivity (Wildman–Crippen MR) is 131 cm³/mol. The number of piperidine rings is 1. The van der Waals surface area contributed by atoms with Crippen LogP contribution in [-0.4, -0.2) is 54.6 Å². The molecule has 2 atom stereocenters. The maximum atomic E-state index is 13.5. The van der Waals surface area contributed by atoms with Crippen LogP contribution in [0.25, 0.3) is 0 Å². The number of nitrogens with one attached hydrogen (secondary N) is 1. The van der Waals surface area contributed by atoms with Crippen molar-refractivity contribution in [1.29, 1.82) is 0 Å². The number of likely N-dealkylation sites (tertiary alicyclic amines) is 1. The number of pyridine rings is 1. The van der Waals surface area contributed by atoms with Crippen molar-refractivity contribution >= 4 is 5.78 Å². The lowest BCUT2D eigenvalue weighted by Gasteiger charge is -2.38. The van der Waals surface area contributed by atoms with Crippen LogP contribution in [0.1, 0.15) is 45.9 Å². The van der Waals surface area contributed by atoms with E-state index in [-0.39, 0.29) is 17.9 Å². The van der Waals surface area contributed by atoms with Gasteiger partial charge in [-0.25, -0.2) is 0 Å². The first-order chi connectivity index (χ1) is 16.7. The van der Waals surface area contributed by atoms with Crippen LogP contribution >= 0.6 is 0 Å². The summed E-state index contributed by atoms with van der Waals surface area (Å²) in [6.07, 6.45) is 5.96. The third-order valence-corrected chi connectivity index (χ3v) is 6.85. The van der Waals surface area contributed by atoms with Crippen molar-refractivity contribution in [1.82, 2.24) is 15.2 Å². The molecule has 2 aliphatic rings. The van der Waals surface area contributed by atoms with Crippen molar-refractivity contribution in [3.8, 4) is 5.75 Å². The Morgan fingerprint density at radius 2 is 1.79 bits per heavy atom. The first-order valence-electron chi connectivity index (χ1n) is 12.0. The number of aromatic nitrogens is 1. The summed E-state index contributed by atoms with van der Waals surface area (Å²) in [4.78, 5) is 20.0. The molecule has 2 saturated heterocycles. The standard InChI is InChI=1S/C28H31N3O3/c1-33-23-8-6-21(7-9-23)28(32)25-5-3-2-4-24(25)27(26-19-34-26)31-16-12-22(13-17-31)30-18-20-10-14-29-15-11-20/h2-11,14-15,22,26-27,30H,12-13,16-19H2,1H3. The molecule has 34 heavy (non-hydrogen) atoms. The zero-order chi connectivity index (χ0) is 23.3. The van der Waals surface area contributed by atoms with Gasteiger partial charge in [-0.1, -0.05) is 24.3 Å². The molecule has 0 spiro atoms. The number of nitrogens with zero attached hydrogens (tertiary/aromatic N) is 2. The number of ether oxygens (including phenoxy) is 2. The van der Waals surface area contributed by atoms with Gasteiger partial charge in [0, 0.05) is 49.2 Å². The fourth-order valence-electron chi connectivity index (χ4n) is 4.87. The van der Waals surface area contributed by atoms with Crippen molar-refractivity contribution in [2.45, 2.75) is 37.6 Å². The molecular formula is C28H31N3O3. The van der Waals surface area contributed by atoms with Gasteiger partial charge in [-0.2, -0.15) is 0 Å². The molecule has 5 rings (SSSR count). The molecular weight excluding hydrogens is 426 g/mol. The summed E-state index contributed by atoms with van der Waals surface area (Å²) in [6, 6.07) is 20.0. The minimum absolute atomic E-state index is 0.0396. The first-order valence-corrected chi connectivity index (χ1v) is 12.0. The van der Waals surface area contributed by atoms with E-state index in [1.807, 2.05) is 54.9 Å². The zero-order valence-corrected chi connectivity index (χ0v) is 19.5. The van der Waals surface area contributed by atoms with Crippen LogP contribution in [-0.2, 0) is 11.3 Å². The molecule has 6 nitrogen and oxygen atoms in total. The summed E-state index contributed by atoms with van der Waals surface area (Å²) in [7, 11) is 1.63. The van der Waals surface area contributed by atoms with Gasteiger partial charge in [0.15, 0.2) is 5.78 Å². The lowest BCUT2D eigenvalue weighted by Crippen LogP contribution is -2.45. The van der Waals surface area contributed by atoms with Gasteiger partial charge in [0.25, 0.3) is 0 Å². The highest BCUT2D eigenvalue weighted by molar-refractivity contribution is 6.10. The van der Waals surface area contributed by atoms with E-state index in [1.54, 1.807) is 7.11 Å². The van der Waals surface area contributed by atoms with E-state index in [9.17, 15) is 4.79 Å². The summed E-state index contributed by atoms with van der Waals surface area (Å²) < 4.78 is 11.0. The fraction of sp³-hybridized carbons (Fsp3) is 0.357. The van der Waals surface area contributed by atoms with Crippen LogP contribution in [0.15, 0.2) is 73.1 Å². The van der Waals surface area contributed by atoms with Gasteiger partial charge in [0.2, 0.25) is 0 Å². The zero-order valence-electron chi connectivity index (χ0n) is 19.5. The number of hydrogen-bond acceptors (Lipinski definition) is 6. The van der Waals surface area contributed by atoms with Gasteiger partial charge < -0.3 is 14.8 Å². The van der Waals surface area contributed by atoms with Crippen LogP contribution in [0.5, 0.6) is 5.75 Å². The summed E-state index contributed by atoms with van der Waals surface area (Å²) in [5.74, 6) is 0.785. The number of ketones is 1. The molecule has 6 heteroatoms. The van der Waals surface area contributed by atoms with Crippen LogP contribution < -0.4 is 10.1 Å². The quantitative estimate of drug-likeness (QED) is 0.387. The highest BCUT2D eigenvalue weighted by atomic mass is 16.6. The Labute approximate surface area is 200 Å². The summed E-state index contributed by atoms with van der Waals surface area (Å²) in [5, 5.41) is 3.69. The van der Waals surface area contributed by atoms with Crippen molar-refractivity contribution in [2.75, 3.05) is 26.8 Å².